The van der Waals surface area contributed by atoms with Crippen molar-refractivity contribution in [3.8, 4) is 6.19 Å². The number of benzene rings is 2. The number of ether oxygens (including phenoxy) is 1. The average molecular weight is 563 g/mol. The number of rotatable bonds is 6. The molecule has 7 nitrogen and oxygen atoms in total. The van der Waals surface area contributed by atoms with E-state index >= 15 is 0 Å². The minimum Gasteiger partial charge on any atom is -0.461 e. The summed E-state index contributed by atoms with van der Waals surface area (Å²) in [5.74, 6) is 1.99. The molecule has 1 spiro atoms. The minimum atomic E-state index is 0.145. The van der Waals surface area contributed by atoms with Crippen LogP contribution < -0.4 is 0 Å². The molecule has 3 aromatic rings. The summed E-state index contributed by atoms with van der Waals surface area (Å²) in [6, 6.07) is 21.7. The van der Waals surface area contributed by atoms with Crippen LogP contribution >= 0.6 is 0 Å². The third-order valence-corrected chi connectivity index (χ3v) is 11.7. The number of aliphatic imine (C=N–C) groups is 1. The van der Waals surface area contributed by atoms with Gasteiger partial charge in [-0.3, -0.25) is 4.90 Å². The summed E-state index contributed by atoms with van der Waals surface area (Å²) in [6.45, 7) is 5.12. The quantitative estimate of drug-likeness (QED) is 0.152. The number of imidazole rings is 1. The van der Waals surface area contributed by atoms with Crippen molar-refractivity contribution in [3.05, 3.63) is 66.0 Å². The number of nitrogens with zero attached hydrogens (tertiary/aromatic N) is 6. The second kappa shape index (κ2) is 10.1. The Morgan fingerprint density at radius 3 is 2.60 bits per heavy atom. The van der Waals surface area contributed by atoms with E-state index in [2.05, 4.69) is 80.9 Å². The lowest BCUT2D eigenvalue weighted by Crippen LogP contribution is -2.47. The molecule has 2 aliphatic heterocycles. The van der Waals surface area contributed by atoms with E-state index in [9.17, 15) is 5.26 Å². The largest absolute Gasteiger partial charge is 0.461 e. The van der Waals surface area contributed by atoms with E-state index in [0.717, 1.165) is 56.0 Å². The van der Waals surface area contributed by atoms with Gasteiger partial charge in [-0.15, -0.1) is 4.99 Å². The molecule has 8 rings (SSSR count). The van der Waals surface area contributed by atoms with Gasteiger partial charge in [0.2, 0.25) is 6.19 Å². The van der Waals surface area contributed by atoms with Crippen molar-refractivity contribution < 1.29 is 4.74 Å². The Labute approximate surface area is 249 Å². The van der Waals surface area contributed by atoms with E-state index in [-0.39, 0.29) is 11.5 Å². The standard InChI is InChI=1S/C35H42N6O/c1-25-38-30-13-7-8-14-31(30)41(25)28-21-27-23-35(27)32(22-28)40(35)20-17-34(26-9-3-2-4-10-26)15-18-39(19-16-34)33(37-24-36)42-29-11-5-6-12-29/h2-4,7-10,13-14,27-29,32H,5-6,11-12,15-23H2,1H3. The molecule has 5 fully saturated rings. The number of likely N-dealkylation sites (tertiary alicyclic amines) is 2. The van der Waals surface area contributed by atoms with Gasteiger partial charge in [0.25, 0.3) is 0 Å². The predicted molar refractivity (Wildman–Crippen MR) is 164 cm³/mol. The molecule has 5 aliphatic rings. The lowest BCUT2D eigenvalue weighted by molar-refractivity contribution is 0.124. The number of hydrogen-bond donors (Lipinski definition) is 0. The molecular formula is C35H42N6O. The maximum absolute atomic E-state index is 9.40. The zero-order chi connectivity index (χ0) is 28.3. The lowest BCUT2D eigenvalue weighted by Gasteiger charge is -2.43. The summed E-state index contributed by atoms with van der Waals surface area (Å²) >= 11 is 0. The van der Waals surface area contributed by atoms with Crippen LogP contribution in [-0.2, 0) is 10.2 Å². The molecule has 1 aromatic heterocycles. The molecule has 3 aliphatic carbocycles. The maximum Gasteiger partial charge on any atom is 0.303 e. The summed E-state index contributed by atoms with van der Waals surface area (Å²) in [4.78, 5) is 14.2. The van der Waals surface area contributed by atoms with E-state index in [0.29, 0.717) is 23.6 Å². The van der Waals surface area contributed by atoms with Crippen LogP contribution in [0, 0.1) is 24.3 Å². The zero-order valence-electron chi connectivity index (χ0n) is 24.8. The van der Waals surface area contributed by atoms with Crippen LogP contribution in [-0.4, -0.2) is 62.7 Å². The number of fused-ring (bicyclic) bond motifs is 1. The lowest BCUT2D eigenvalue weighted by atomic mass is 9.70. The van der Waals surface area contributed by atoms with Crippen LogP contribution in [0.15, 0.2) is 59.6 Å². The third-order valence-electron chi connectivity index (χ3n) is 11.7. The van der Waals surface area contributed by atoms with Gasteiger partial charge in [-0.2, -0.15) is 5.26 Å². The fourth-order valence-electron chi connectivity index (χ4n) is 9.38. The number of aryl methyl sites for hydroxylation is 1. The first-order valence-electron chi connectivity index (χ1n) is 16.3. The molecule has 5 atom stereocenters. The van der Waals surface area contributed by atoms with Gasteiger partial charge in [0.15, 0.2) is 0 Å². The molecule has 42 heavy (non-hydrogen) atoms. The molecule has 0 bridgehead atoms. The Morgan fingerprint density at radius 2 is 1.81 bits per heavy atom. The van der Waals surface area contributed by atoms with Crippen molar-refractivity contribution in [2.45, 2.75) is 100 Å². The van der Waals surface area contributed by atoms with E-state index in [1.807, 2.05) is 6.19 Å². The Morgan fingerprint density at radius 1 is 1.05 bits per heavy atom. The Bertz CT molecular complexity index is 1530. The highest BCUT2D eigenvalue weighted by Gasteiger charge is 2.78. The van der Waals surface area contributed by atoms with E-state index < -0.39 is 0 Å². The van der Waals surface area contributed by atoms with Crippen LogP contribution in [0.4, 0.5) is 0 Å². The normalized spacial score (nSPS) is 31.8. The zero-order valence-corrected chi connectivity index (χ0v) is 24.8. The number of piperidine rings is 1. The van der Waals surface area contributed by atoms with Gasteiger partial charge in [0, 0.05) is 30.7 Å². The van der Waals surface area contributed by atoms with Crippen molar-refractivity contribution in [2.24, 2.45) is 10.9 Å². The SMILES string of the molecule is Cc1nc2ccccc2n1C1CC2CC23C(C1)N3CCC1(c2ccccc2)CCN(C(=NC#N)OC2CCCC2)CC1. The number of para-hydroxylation sites is 2. The summed E-state index contributed by atoms with van der Waals surface area (Å²) in [7, 11) is 0. The Balaban J connectivity index is 0.971. The average Bonchev–Trinajstić information content (AvgIpc) is 3.72. The summed E-state index contributed by atoms with van der Waals surface area (Å²) < 4.78 is 8.82. The topological polar surface area (TPSA) is 69.5 Å². The predicted octanol–water partition coefficient (Wildman–Crippen LogP) is 6.34. The van der Waals surface area contributed by atoms with E-state index in [1.165, 1.54) is 56.1 Å². The summed E-state index contributed by atoms with van der Waals surface area (Å²) in [5.41, 5.74) is 4.52. The minimum absolute atomic E-state index is 0.145. The first-order chi connectivity index (χ1) is 20.6. The van der Waals surface area contributed by atoms with Crippen molar-refractivity contribution in [3.63, 3.8) is 0 Å². The van der Waals surface area contributed by atoms with Crippen LogP contribution in [0.25, 0.3) is 11.0 Å². The monoisotopic (exact) mass is 562 g/mol. The molecule has 3 saturated carbocycles. The smallest absolute Gasteiger partial charge is 0.303 e. The molecule has 0 radical (unpaired) electrons. The van der Waals surface area contributed by atoms with Crippen LogP contribution in [0.3, 0.4) is 0 Å². The van der Waals surface area contributed by atoms with Gasteiger partial charge in [-0.25, -0.2) is 4.98 Å². The fourth-order valence-corrected chi connectivity index (χ4v) is 9.38. The number of aromatic nitrogens is 2. The molecule has 0 amide bonds. The third kappa shape index (κ3) is 4.25. The van der Waals surface area contributed by atoms with Crippen molar-refractivity contribution in [2.75, 3.05) is 19.6 Å². The Kier molecular flexibility index (Phi) is 6.33. The molecule has 2 aromatic carbocycles. The summed E-state index contributed by atoms with van der Waals surface area (Å²) in [6.07, 6.45) is 14.0. The second-order valence-corrected chi connectivity index (χ2v) is 13.6. The molecule has 3 heterocycles. The molecule has 2 saturated heterocycles. The molecular weight excluding hydrogens is 520 g/mol. The molecule has 218 valence electrons. The van der Waals surface area contributed by atoms with Crippen molar-refractivity contribution in [1.29, 1.82) is 5.26 Å². The summed E-state index contributed by atoms with van der Waals surface area (Å²) in [5, 5.41) is 9.40. The van der Waals surface area contributed by atoms with Gasteiger partial charge in [0.05, 0.1) is 11.0 Å². The number of nitriles is 1. The van der Waals surface area contributed by atoms with Gasteiger partial charge in [0.1, 0.15) is 11.9 Å². The van der Waals surface area contributed by atoms with Crippen LogP contribution in [0.1, 0.15) is 81.6 Å². The van der Waals surface area contributed by atoms with Gasteiger partial charge in [-0.05, 0) is 107 Å². The van der Waals surface area contributed by atoms with Crippen LogP contribution in [0.2, 0.25) is 0 Å². The van der Waals surface area contributed by atoms with Gasteiger partial charge >= 0.3 is 6.02 Å². The maximum atomic E-state index is 9.40. The number of amidine groups is 1. The van der Waals surface area contributed by atoms with Gasteiger partial charge < -0.3 is 14.2 Å². The Hall–Kier alpha value is -3.37. The highest BCUT2D eigenvalue weighted by molar-refractivity contribution is 5.76. The number of hydrogen-bond acceptors (Lipinski definition) is 5. The van der Waals surface area contributed by atoms with Crippen molar-refractivity contribution >= 4 is 17.1 Å². The first kappa shape index (κ1) is 26.3. The van der Waals surface area contributed by atoms with Crippen molar-refractivity contribution in [1.82, 2.24) is 19.4 Å². The molecule has 7 heteroatoms. The molecule has 5 unspecified atom stereocenters. The highest BCUT2D eigenvalue weighted by atomic mass is 16.5. The second-order valence-electron chi connectivity index (χ2n) is 13.6. The fraction of sp³-hybridized carbons (Fsp3) is 0.571. The first-order valence-corrected chi connectivity index (χ1v) is 16.3. The van der Waals surface area contributed by atoms with E-state index in [4.69, 9.17) is 9.72 Å². The highest BCUT2D eigenvalue weighted by Crippen LogP contribution is 2.71. The molecule has 0 N–H and O–H groups in total. The van der Waals surface area contributed by atoms with Gasteiger partial charge in [-0.1, -0.05) is 42.5 Å². The van der Waals surface area contributed by atoms with E-state index in [1.54, 1.807) is 0 Å². The van der Waals surface area contributed by atoms with Crippen LogP contribution in [0.5, 0.6) is 0 Å².